The van der Waals surface area contributed by atoms with Gasteiger partial charge in [-0.2, -0.15) is 0 Å². The normalized spacial score (nSPS) is 22.3. The van der Waals surface area contributed by atoms with E-state index in [-0.39, 0.29) is 12.1 Å². The Morgan fingerprint density at radius 2 is 2.00 bits per heavy atom. The van der Waals surface area contributed by atoms with Gasteiger partial charge in [0.1, 0.15) is 11.5 Å². The Balaban J connectivity index is 1.08. The van der Waals surface area contributed by atoms with E-state index < -0.39 is 0 Å². The number of hydrogen-bond donors (Lipinski definition) is 0. The molecule has 1 aliphatic heterocycles. The van der Waals surface area contributed by atoms with Crippen LogP contribution < -0.4 is 4.90 Å². The number of carbonyl (C=O) groups excluding carboxylic acids is 1. The third-order valence-corrected chi connectivity index (χ3v) is 9.90. The van der Waals surface area contributed by atoms with E-state index in [1.807, 2.05) is 37.3 Å². The number of nitrogens with zero attached hydrogens (tertiary/aromatic N) is 3. The molecular formula is C29H27Cl2N3O4S. The van der Waals surface area contributed by atoms with E-state index in [0.29, 0.717) is 51.4 Å². The van der Waals surface area contributed by atoms with Gasteiger partial charge in [-0.05, 0) is 62.4 Å². The summed E-state index contributed by atoms with van der Waals surface area (Å²) >= 11 is 14.7. The van der Waals surface area contributed by atoms with Crippen molar-refractivity contribution in [2.45, 2.75) is 57.3 Å². The number of aromatic nitrogens is 2. The number of methoxy groups -OCH3 is 1. The minimum Gasteiger partial charge on any atom is -0.465 e. The molecule has 7 rings (SSSR count). The number of hydrogen-bond acceptors (Lipinski definition) is 8. The maximum atomic E-state index is 12.1. The number of aryl methyl sites for hydroxylation is 1. The van der Waals surface area contributed by atoms with E-state index in [9.17, 15) is 4.79 Å². The van der Waals surface area contributed by atoms with Crippen LogP contribution in [0, 0.1) is 12.8 Å². The number of carbonyl (C=O) groups is 1. The summed E-state index contributed by atoms with van der Waals surface area (Å²) in [6.45, 7) is 3.32. The lowest BCUT2D eigenvalue weighted by molar-refractivity contribution is 0.0122. The molecule has 202 valence electrons. The highest BCUT2D eigenvalue weighted by Gasteiger charge is 2.46. The van der Waals surface area contributed by atoms with Gasteiger partial charge in [0.05, 0.1) is 45.6 Å². The van der Waals surface area contributed by atoms with Crippen molar-refractivity contribution >= 4 is 55.9 Å². The zero-order valence-corrected chi connectivity index (χ0v) is 23.9. The largest absolute Gasteiger partial charge is 0.465 e. The lowest BCUT2D eigenvalue weighted by Gasteiger charge is -2.31. The zero-order valence-electron chi connectivity index (χ0n) is 21.6. The Hall–Kier alpha value is -2.65. The molecule has 10 heteroatoms. The third-order valence-electron chi connectivity index (χ3n) is 8.23. The van der Waals surface area contributed by atoms with E-state index in [4.69, 9.17) is 42.2 Å². The molecule has 2 bridgehead atoms. The Morgan fingerprint density at radius 3 is 2.69 bits per heavy atom. The van der Waals surface area contributed by atoms with Crippen molar-refractivity contribution in [3.63, 3.8) is 0 Å². The average molecular weight is 585 g/mol. The quantitative estimate of drug-likeness (QED) is 0.209. The Labute approximate surface area is 240 Å². The fourth-order valence-corrected chi connectivity index (χ4v) is 7.87. The van der Waals surface area contributed by atoms with Crippen LogP contribution in [0.1, 0.15) is 58.8 Å². The highest BCUT2D eigenvalue weighted by molar-refractivity contribution is 7.22. The molecule has 3 fully saturated rings. The second-order valence-corrected chi connectivity index (χ2v) is 12.6. The summed E-state index contributed by atoms with van der Waals surface area (Å²) in [5.41, 5.74) is 4.85. The summed E-state index contributed by atoms with van der Waals surface area (Å²) in [6.07, 6.45) is 4.38. The Bertz CT molecular complexity index is 1580. The van der Waals surface area contributed by atoms with E-state index in [1.165, 1.54) is 7.11 Å². The predicted octanol–water partition coefficient (Wildman–Crippen LogP) is 7.41. The number of fused-ring (bicyclic) bond motifs is 3. The lowest BCUT2D eigenvalue weighted by Crippen LogP contribution is -2.38. The van der Waals surface area contributed by atoms with Gasteiger partial charge in [0.15, 0.2) is 5.13 Å². The standard InChI is InChI=1S/C29H27Cl2N3O4S/c1-14-8-16(28(35)36-2)10-23-25(14)32-29(39-23)34-12-17-9-18(34)11-22(17)37-13-19-26(33-38-27(19)15-6-7-15)24-20(30)4-3-5-21(24)31/h3-5,8,10,15,17-18,22H,6-7,9,11-13H2,1-2H3/t17-,18-,22+/m0/s1. The van der Waals surface area contributed by atoms with Crippen molar-refractivity contribution in [2.75, 3.05) is 18.6 Å². The number of piperidine rings is 1. The number of benzene rings is 2. The molecule has 0 amide bonds. The molecule has 39 heavy (non-hydrogen) atoms. The van der Waals surface area contributed by atoms with Gasteiger partial charge in [-0.3, -0.25) is 0 Å². The van der Waals surface area contributed by atoms with Gasteiger partial charge >= 0.3 is 5.97 Å². The third kappa shape index (κ3) is 4.42. The highest BCUT2D eigenvalue weighted by Crippen LogP contribution is 2.48. The van der Waals surface area contributed by atoms with Crippen molar-refractivity contribution in [3.8, 4) is 11.3 Å². The number of ether oxygens (including phenoxy) is 2. The lowest BCUT2D eigenvalue weighted by atomic mass is 10.0. The Kier molecular flexibility index (Phi) is 6.34. The van der Waals surface area contributed by atoms with Crippen LogP contribution in [0.15, 0.2) is 34.9 Å². The van der Waals surface area contributed by atoms with Crippen LogP contribution in [0.2, 0.25) is 10.0 Å². The smallest absolute Gasteiger partial charge is 0.337 e. The first-order valence-electron chi connectivity index (χ1n) is 13.2. The maximum Gasteiger partial charge on any atom is 0.337 e. The van der Waals surface area contributed by atoms with Gasteiger partial charge in [0.2, 0.25) is 0 Å². The zero-order chi connectivity index (χ0) is 26.8. The molecule has 4 aromatic rings. The number of esters is 1. The molecule has 0 spiro atoms. The molecule has 3 atom stereocenters. The SMILES string of the molecule is COC(=O)c1cc(C)c2nc(N3C[C@@H]4C[C@H]3C[C@H]4OCc3c(-c4c(Cl)cccc4Cl)noc3C3CC3)sc2c1. The van der Waals surface area contributed by atoms with Crippen molar-refractivity contribution in [1.82, 2.24) is 10.1 Å². The van der Waals surface area contributed by atoms with Crippen LogP contribution in [0.4, 0.5) is 5.13 Å². The van der Waals surface area contributed by atoms with Crippen LogP contribution in [0.5, 0.6) is 0 Å². The summed E-state index contributed by atoms with van der Waals surface area (Å²) in [4.78, 5) is 19.4. The van der Waals surface area contributed by atoms with E-state index in [1.54, 1.807) is 11.3 Å². The second-order valence-electron chi connectivity index (χ2n) is 10.8. The van der Waals surface area contributed by atoms with Gasteiger partial charge in [-0.1, -0.05) is 45.8 Å². The van der Waals surface area contributed by atoms with Gasteiger partial charge in [-0.15, -0.1) is 0 Å². The second kappa shape index (κ2) is 9.77. The van der Waals surface area contributed by atoms with Crippen LogP contribution >= 0.6 is 34.5 Å². The first kappa shape index (κ1) is 25.3. The molecule has 2 saturated carbocycles. The van der Waals surface area contributed by atoms with E-state index in [2.05, 4.69) is 10.1 Å². The monoisotopic (exact) mass is 583 g/mol. The summed E-state index contributed by atoms with van der Waals surface area (Å²) in [5, 5.41) is 6.51. The van der Waals surface area contributed by atoms with E-state index >= 15 is 0 Å². The van der Waals surface area contributed by atoms with Crippen LogP contribution in [0.25, 0.3) is 21.5 Å². The topological polar surface area (TPSA) is 77.7 Å². The first-order chi connectivity index (χ1) is 18.9. The molecule has 7 nitrogen and oxygen atoms in total. The first-order valence-corrected chi connectivity index (χ1v) is 14.8. The number of anilines is 1. The van der Waals surface area contributed by atoms with Gasteiger partial charge < -0.3 is 18.9 Å². The fraction of sp³-hybridized carbons (Fsp3) is 0.414. The van der Waals surface area contributed by atoms with Crippen LogP contribution in [-0.2, 0) is 16.1 Å². The maximum absolute atomic E-state index is 12.1. The van der Waals surface area contributed by atoms with Gasteiger partial charge in [0.25, 0.3) is 0 Å². The molecule has 3 heterocycles. The average Bonchev–Trinajstić information content (AvgIpc) is 3.24. The number of halogens is 2. The number of rotatable bonds is 7. The minimum atomic E-state index is -0.326. The molecule has 0 unspecified atom stereocenters. The van der Waals surface area contributed by atoms with Crippen molar-refractivity contribution in [2.24, 2.45) is 5.92 Å². The van der Waals surface area contributed by atoms with Crippen molar-refractivity contribution in [3.05, 3.63) is 62.8 Å². The summed E-state index contributed by atoms with van der Waals surface area (Å²) in [7, 11) is 1.40. The van der Waals surface area contributed by atoms with E-state index in [0.717, 1.165) is 64.5 Å². The van der Waals surface area contributed by atoms with Gasteiger partial charge in [0, 0.05) is 35.5 Å². The molecule has 2 aliphatic carbocycles. The number of thiazole rings is 1. The summed E-state index contributed by atoms with van der Waals surface area (Å²) in [5.74, 6) is 1.39. The summed E-state index contributed by atoms with van der Waals surface area (Å²) in [6, 6.07) is 9.59. The molecule has 2 aromatic heterocycles. The predicted molar refractivity (Wildman–Crippen MR) is 152 cm³/mol. The van der Waals surface area contributed by atoms with Crippen molar-refractivity contribution in [1.29, 1.82) is 0 Å². The Morgan fingerprint density at radius 1 is 1.21 bits per heavy atom. The molecule has 3 aliphatic rings. The molecule has 1 saturated heterocycles. The highest BCUT2D eigenvalue weighted by atomic mass is 35.5. The molecular weight excluding hydrogens is 557 g/mol. The van der Waals surface area contributed by atoms with Crippen molar-refractivity contribution < 1.29 is 18.8 Å². The molecule has 0 N–H and O–H groups in total. The summed E-state index contributed by atoms with van der Waals surface area (Å²) < 4.78 is 18.3. The fourth-order valence-electron chi connectivity index (χ4n) is 6.13. The molecule has 0 radical (unpaired) electrons. The molecule has 2 aromatic carbocycles. The minimum absolute atomic E-state index is 0.157. The van der Waals surface area contributed by atoms with Crippen LogP contribution in [0.3, 0.4) is 0 Å². The van der Waals surface area contributed by atoms with Crippen LogP contribution in [-0.4, -0.2) is 41.9 Å². The van der Waals surface area contributed by atoms with Gasteiger partial charge in [-0.25, -0.2) is 9.78 Å².